The van der Waals surface area contributed by atoms with Crippen molar-refractivity contribution in [2.75, 3.05) is 17.7 Å². The van der Waals surface area contributed by atoms with Gasteiger partial charge in [0.2, 0.25) is 5.91 Å². The van der Waals surface area contributed by atoms with Gasteiger partial charge in [0.1, 0.15) is 0 Å². The van der Waals surface area contributed by atoms with Crippen LogP contribution in [0.15, 0.2) is 72.9 Å². The molecular formula is C24H24N4O3. The number of nitrogens with zero attached hydrogens (tertiary/aromatic N) is 2. The quantitative estimate of drug-likeness (QED) is 0.639. The van der Waals surface area contributed by atoms with Crippen LogP contribution in [0.3, 0.4) is 0 Å². The SMILES string of the molecule is CC(=O)Nc1ccc(C(=O)N(C)[C@H](C(=O)Nc2ccc(C)cc2)c2ccccn2)cc1. The van der Waals surface area contributed by atoms with Crippen molar-refractivity contribution < 1.29 is 14.4 Å². The lowest BCUT2D eigenvalue weighted by molar-refractivity contribution is -0.120. The van der Waals surface area contributed by atoms with Crippen LogP contribution in [-0.4, -0.2) is 34.7 Å². The number of nitrogens with one attached hydrogen (secondary N) is 2. The van der Waals surface area contributed by atoms with Gasteiger partial charge in [0.05, 0.1) is 5.69 Å². The van der Waals surface area contributed by atoms with Gasteiger partial charge in [-0.2, -0.15) is 0 Å². The van der Waals surface area contributed by atoms with Gasteiger partial charge in [0.25, 0.3) is 11.8 Å². The summed E-state index contributed by atoms with van der Waals surface area (Å²) >= 11 is 0. The molecule has 3 amide bonds. The van der Waals surface area contributed by atoms with Crippen LogP contribution in [0.25, 0.3) is 0 Å². The van der Waals surface area contributed by atoms with Crippen LogP contribution >= 0.6 is 0 Å². The first kappa shape index (κ1) is 21.7. The molecule has 0 aliphatic carbocycles. The molecule has 0 bridgehead atoms. The Balaban J connectivity index is 1.86. The van der Waals surface area contributed by atoms with Gasteiger partial charge in [0.15, 0.2) is 6.04 Å². The van der Waals surface area contributed by atoms with E-state index in [0.717, 1.165) is 5.56 Å². The Labute approximate surface area is 181 Å². The fraction of sp³-hybridized carbons (Fsp3) is 0.167. The van der Waals surface area contributed by atoms with E-state index in [-0.39, 0.29) is 17.7 Å². The van der Waals surface area contributed by atoms with Crippen molar-refractivity contribution in [3.05, 3.63) is 89.7 Å². The van der Waals surface area contributed by atoms with Gasteiger partial charge in [-0.25, -0.2) is 0 Å². The number of benzene rings is 2. The van der Waals surface area contributed by atoms with E-state index in [1.165, 1.54) is 11.8 Å². The van der Waals surface area contributed by atoms with Crippen molar-refractivity contribution in [2.45, 2.75) is 19.9 Å². The van der Waals surface area contributed by atoms with E-state index >= 15 is 0 Å². The van der Waals surface area contributed by atoms with Gasteiger partial charge in [-0.05, 0) is 55.5 Å². The standard InChI is InChI=1S/C24H24N4O3/c1-16-7-11-20(12-8-16)27-23(30)22(21-6-4-5-15-25-21)28(3)24(31)18-9-13-19(14-10-18)26-17(2)29/h4-15,22H,1-3H3,(H,26,29)(H,27,30)/t22-/m0/s1. The fourth-order valence-electron chi connectivity index (χ4n) is 3.11. The minimum absolute atomic E-state index is 0.195. The summed E-state index contributed by atoms with van der Waals surface area (Å²) in [5, 5.41) is 5.53. The summed E-state index contributed by atoms with van der Waals surface area (Å²) < 4.78 is 0. The lowest BCUT2D eigenvalue weighted by Gasteiger charge is -2.27. The summed E-state index contributed by atoms with van der Waals surface area (Å²) in [5.74, 6) is -0.906. The minimum atomic E-state index is -0.926. The first-order valence-corrected chi connectivity index (χ1v) is 9.78. The molecule has 7 heteroatoms. The van der Waals surface area contributed by atoms with E-state index < -0.39 is 6.04 Å². The molecule has 1 heterocycles. The second-order valence-corrected chi connectivity index (χ2v) is 7.19. The minimum Gasteiger partial charge on any atom is -0.326 e. The maximum atomic E-state index is 13.2. The molecule has 1 aromatic heterocycles. The molecule has 2 aromatic carbocycles. The van der Waals surface area contributed by atoms with Gasteiger partial charge in [-0.15, -0.1) is 0 Å². The topological polar surface area (TPSA) is 91.4 Å². The number of rotatable bonds is 6. The molecule has 0 aliphatic heterocycles. The van der Waals surface area contributed by atoms with Crippen LogP contribution in [-0.2, 0) is 9.59 Å². The van der Waals surface area contributed by atoms with Crippen LogP contribution < -0.4 is 10.6 Å². The Morgan fingerprint density at radius 3 is 2.06 bits per heavy atom. The number of aryl methyl sites for hydroxylation is 1. The first-order chi connectivity index (χ1) is 14.8. The highest BCUT2D eigenvalue weighted by molar-refractivity contribution is 6.01. The highest BCUT2D eigenvalue weighted by Gasteiger charge is 2.30. The van der Waals surface area contributed by atoms with Crippen molar-refractivity contribution in [3.8, 4) is 0 Å². The van der Waals surface area contributed by atoms with Crippen LogP contribution in [0.5, 0.6) is 0 Å². The predicted octanol–water partition coefficient (Wildman–Crippen LogP) is 3.80. The molecule has 158 valence electrons. The van der Waals surface area contributed by atoms with Gasteiger partial charge in [-0.3, -0.25) is 19.4 Å². The molecule has 2 N–H and O–H groups in total. The monoisotopic (exact) mass is 416 g/mol. The first-order valence-electron chi connectivity index (χ1n) is 9.78. The number of hydrogen-bond acceptors (Lipinski definition) is 4. The Bertz CT molecular complexity index is 1060. The van der Waals surface area contributed by atoms with E-state index in [1.54, 1.807) is 55.7 Å². The Morgan fingerprint density at radius 2 is 1.48 bits per heavy atom. The third-order valence-electron chi connectivity index (χ3n) is 4.70. The second-order valence-electron chi connectivity index (χ2n) is 7.19. The summed E-state index contributed by atoms with van der Waals surface area (Å²) in [6.45, 7) is 3.38. The number of likely N-dealkylation sites (N-methyl/N-ethyl adjacent to an activating group) is 1. The van der Waals surface area contributed by atoms with Crippen LogP contribution in [0.1, 0.15) is 34.6 Å². The normalized spacial score (nSPS) is 11.3. The molecular weight excluding hydrogens is 392 g/mol. The van der Waals surface area contributed by atoms with E-state index in [1.807, 2.05) is 31.2 Å². The zero-order valence-electron chi connectivity index (χ0n) is 17.6. The lowest BCUT2D eigenvalue weighted by Crippen LogP contribution is -2.39. The molecule has 0 unspecified atom stereocenters. The summed E-state index contributed by atoms with van der Waals surface area (Å²) in [4.78, 5) is 43.1. The fourth-order valence-corrected chi connectivity index (χ4v) is 3.11. The zero-order chi connectivity index (χ0) is 22.4. The number of carbonyl (C=O) groups is 3. The highest BCUT2D eigenvalue weighted by Crippen LogP contribution is 2.23. The van der Waals surface area contributed by atoms with Crippen molar-refractivity contribution in [1.29, 1.82) is 0 Å². The third-order valence-corrected chi connectivity index (χ3v) is 4.70. The highest BCUT2D eigenvalue weighted by atomic mass is 16.2. The maximum Gasteiger partial charge on any atom is 0.254 e. The van der Waals surface area contributed by atoms with Crippen molar-refractivity contribution >= 4 is 29.1 Å². The number of pyridine rings is 1. The summed E-state index contributed by atoms with van der Waals surface area (Å²) in [6, 6.07) is 18.2. The number of amides is 3. The third kappa shape index (κ3) is 5.54. The zero-order valence-corrected chi connectivity index (χ0v) is 17.6. The summed E-state index contributed by atoms with van der Waals surface area (Å²) in [7, 11) is 1.57. The molecule has 3 rings (SSSR count). The molecule has 0 saturated carbocycles. The number of carbonyl (C=O) groups excluding carboxylic acids is 3. The smallest absolute Gasteiger partial charge is 0.254 e. The lowest BCUT2D eigenvalue weighted by atomic mass is 10.1. The van der Waals surface area contributed by atoms with Crippen LogP contribution in [0, 0.1) is 6.92 Å². The number of anilines is 2. The Hall–Kier alpha value is -4.00. The van der Waals surface area contributed by atoms with E-state index in [0.29, 0.717) is 22.6 Å². The summed E-state index contributed by atoms with van der Waals surface area (Å²) in [6.07, 6.45) is 1.59. The maximum absolute atomic E-state index is 13.2. The molecule has 0 spiro atoms. The molecule has 3 aromatic rings. The molecule has 7 nitrogen and oxygen atoms in total. The molecule has 0 saturated heterocycles. The van der Waals surface area contributed by atoms with Crippen molar-refractivity contribution in [3.63, 3.8) is 0 Å². The molecule has 0 aliphatic rings. The van der Waals surface area contributed by atoms with Crippen molar-refractivity contribution in [2.24, 2.45) is 0 Å². The average molecular weight is 416 g/mol. The van der Waals surface area contributed by atoms with E-state index in [2.05, 4.69) is 15.6 Å². The number of aromatic nitrogens is 1. The van der Waals surface area contributed by atoms with Crippen LogP contribution in [0.4, 0.5) is 11.4 Å². The second kappa shape index (κ2) is 9.67. The molecule has 1 atom stereocenters. The molecule has 0 radical (unpaired) electrons. The van der Waals surface area contributed by atoms with Crippen molar-refractivity contribution in [1.82, 2.24) is 9.88 Å². The van der Waals surface area contributed by atoms with Crippen LogP contribution in [0.2, 0.25) is 0 Å². The van der Waals surface area contributed by atoms with Gasteiger partial charge >= 0.3 is 0 Å². The van der Waals surface area contributed by atoms with Gasteiger partial charge in [0, 0.05) is 37.1 Å². The van der Waals surface area contributed by atoms with Gasteiger partial charge in [-0.1, -0.05) is 23.8 Å². The number of hydrogen-bond donors (Lipinski definition) is 2. The van der Waals surface area contributed by atoms with E-state index in [4.69, 9.17) is 0 Å². The molecule has 0 fully saturated rings. The average Bonchev–Trinajstić information content (AvgIpc) is 2.76. The summed E-state index contributed by atoms with van der Waals surface area (Å²) in [5.41, 5.74) is 3.15. The van der Waals surface area contributed by atoms with Gasteiger partial charge < -0.3 is 15.5 Å². The largest absolute Gasteiger partial charge is 0.326 e. The van der Waals surface area contributed by atoms with E-state index in [9.17, 15) is 14.4 Å². The molecule has 31 heavy (non-hydrogen) atoms. The Morgan fingerprint density at radius 1 is 0.871 bits per heavy atom. The predicted molar refractivity (Wildman–Crippen MR) is 120 cm³/mol. The Kier molecular flexibility index (Phi) is 6.77.